The lowest BCUT2D eigenvalue weighted by atomic mass is 10.1. The highest BCUT2D eigenvalue weighted by atomic mass is 16.1. The molecule has 3 nitrogen and oxygen atoms in total. The molecule has 0 bridgehead atoms. The molecule has 3 aromatic rings. The van der Waals surface area contributed by atoms with Crippen LogP contribution in [-0.4, -0.2) is 9.55 Å². The molecule has 3 rings (SSSR count). The SMILES string of the molecule is Cc1ccccc1-n1ccc(=O)c2c(C)ccnc21. The number of pyridine rings is 2. The van der Waals surface area contributed by atoms with E-state index in [1.54, 1.807) is 18.5 Å². The Bertz CT molecular complexity index is 818. The molecule has 0 fully saturated rings. The molecule has 0 spiro atoms. The first-order chi connectivity index (χ1) is 9.18. The van der Waals surface area contributed by atoms with E-state index in [1.807, 2.05) is 35.8 Å². The Hall–Kier alpha value is -2.42. The summed E-state index contributed by atoms with van der Waals surface area (Å²) in [6.07, 6.45) is 3.53. The normalized spacial score (nSPS) is 10.8. The average Bonchev–Trinajstić information content (AvgIpc) is 2.40. The smallest absolute Gasteiger partial charge is 0.191 e. The summed E-state index contributed by atoms with van der Waals surface area (Å²) in [7, 11) is 0. The maximum atomic E-state index is 12.0. The molecule has 0 amide bonds. The van der Waals surface area contributed by atoms with Crippen LogP contribution in [0.5, 0.6) is 0 Å². The highest BCUT2D eigenvalue weighted by molar-refractivity contribution is 5.80. The van der Waals surface area contributed by atoms with Crippen molar-refractivity contribution in [1.29, 1.82) is 0 Å². The molecule has 3 heteroatoms. The number of rotatable bonds is 1. The van der Waals surface area contributed by atoms with Crippen molar-refractivity contribution in [2.45, 2.75) is 13.8 Å². The summed E-state index contributed by atoms with van der Waals surface area (Å²) < 4.78 is 1.97. The molecule has 0 aliphatic heterocycles. The molecule has 0 atom stereocenters. The molecule has 0 saturated heterocycles. The molecule has 94 valence electrons. The van der Waals surface area contributed by atoms with E-state index in [1.165, 1.54) is 0 Å². The molecule has 0 aliphatic rings. The van der Waals surface area contributed by atoms with E-state index in [-0.39, 0.29) is 5.43 Å². The lowest BCUT2D eigenvalue weighted by Gasteiger charge is -2.13. The number of nitrogens with zero attached hydrogens (tertiary/aromatic N) is 2. The minimum absolute atomic E-state index is 0.0189. The lowest BCUT2D eigenvalue weighted by Crippen LogP contribution is -2.10. The van der Waals surface area contributed by atoms with Crippen molar-refractivity contribution < 1.29 is 0 Å². The highest BCUT2D eigenvalue weighted by Gasteiger charge is 2.08. The summed E-state index contributed by atoms with van der Waals surface area (Å²) in [5.41, 5.74) is 3.88. The zero-order valence-electron chi connectivity index (χ0n) is 10.9. The number of para-hydroxylation sites is 1. The van der Waals surface area contributed by atoms with Gasteiger partial charge in [-0.15, -0.1) is 0 Å². The van der Waals surface area contributed by atoms with Crippen LogP contribution >= 0.6 is 0 Å². The highest BCUT2D eigenvalue weighted by Crippen LogP contribution is 2.19. The minimum Gasteiger partial charge on any atom is -0.301 e. The molecule has 0 unspecified atom stereocenters. The van der Waals surface area contributed by atoms with Crippen LogP contribution in [0.3, 0.4) is 0 Å². The van der Waals surface area contributed by atoms with E-state index in [4.69, 9.17) is 0 Å². The van der Waals surface area contributed by atoms with Crippen LogP contribution in [0.1, 0.15) is 11.1 Å². The monoisotopic (exact) mass is 250 g/mol. The van der Waals surface area contributed by atoms with Crippen molar-refractivity contribution in [3.05, 3.63) is 70.1 Å². The summed E-state index contributed by atoms with van der Waals surface area (Å²) in [5.74, 6) is 0. The molecule has 0 radical (unpaired) electrons. The lowest BCUT2D eigenvalue weighted by molar-refractivity contribution is 1.04. The number of hydrogen-bond acceptors (Lipinski definition) is 2. The van der Waals surface area contributed by atoms with Crippen LogP contribution in [-0.2, 0) is 0 Å². The van der Waals surface area contributed by atoms with Crippen LogP contribution in [0, 0.1) is 13.8 Å². The quantitative estimate of drug-likeness (QED) is 0.665. The van der Waals surface area contributed by atoms with E-state index in [0.29, 0.717) is 11.0 Å². The van der Waals surface area contributed by atoms with Gasteiger partial charge in [0, 0.05) is 24.1 Å². The maximum absolute atomic E-state index is 12.0. The zero-order chi connectivity index (χ0) is 13.4. The zero-order valence-corrected chi connectivity index (χ0v) is 10.9. The van der Waals surface area contributed by atoms with Gasteiger partial charge in [0.25, 0.3) is 0 Å². The molecule has 19 heavy (non-hydrogen) atoms. The molecule has 2 aromatic heterocycles. The summed E-state index contributed by atoms with van der Waals surface area (Å²) in [6, 6.07) is 11.5. The molecule has 0 N–H and O–H groups in total. The number of aryl methyl sites for hydroxylation is 2. The first-order valence-corrected chi connectivity index (χ1v) is 6.21. The second-order valence-corrected chi connectivity index (χ2v) is 4.66. The first kappa shape index (κ1) is 11.7. The van der Waals surface area contributed by atoms with Gasteiger partial charge >= 0.3 is 0 Å². The van der Waals surface area contributed by atoms with Gasteiger partial charge in [0.15, 0.2) is 5.43 Å². The minimum atomic E-state index is 0.0189. The number of benzene rings is 1. The largest absolute Gasteiger partial charge is 0.301 e. The van der Waals surface area contributed by atoms with Crippen LogP contribution in [0.25, 0.3) is 16.7 Å². The average molecular weight is 250 g/mol. The Morgan fingerprint density at radius 2 is 1.79 bits per heavy atom. The van der Waals surface area contributed by atoms with Crippen molar-refractivity contribution in [3.63, 3.8) is 0 Å². The predicted molar refractivity (Wildman–Crippen MR) is 76.8 cm³/mol. The van der Waals surface area contributed by atoms with Crippen LogP contribution in [0.15, 0.2) is 53.6 Å². The van der Waals surface area contributed by atoms with Gasteiger partial charge in [-0.2, -0.15) is 0 Å². The third-order valence-electron chi connectivity index (χ3n) is 3.36. The second kappa shape index (κ2) is 4.35. The molecule has 2 heterocycles. The Balaban J connectivity index is 2.45. The Kier molecular flexibility index (Phi) is 2.67. The van der Waals surface area contributed by atoms with E-state index < -0.39 is 0 Å². The number of hydrogen-bond donors (Lipinski definition) is 0. The maximum Gasteiger partial charge on any atom is 0.191 e. The predicted octanol–water partition coefficient (Wildman–Crippen LogP) is 3.00. The van der Waals surface area contributed by atoms with Gasteiger partial charge in [0.05, 0.1) is 5.39 Å². The van der Waals surface area contributed by atoms with E-state index in [0.717, 1.165) is 16.8 Å². The van der Waals surface area contributed by atoms with Gasteiger partial charge in [-0.25, -0.2) is 4.98 Å². The number of fused-ring (bicyclic) bond motifs is 1. The van der Waals surface area contributed by atoms with E-state index >= 15 is 0 Å². The standard InChI is InChI=1S/C16H14N2O/c1-11-5-3-4-6-13(11)18-10-8-14(19)15-12(2)7-9-17-16(15)18/h3-10H,1-2H3. The van der Waals surface area contributed by atoms with Crippen molar-refractivity contribution >= 4 is 11.0 Å². The van der Waals surface area contributed by atoms with Crippen LogP contribution in [0.2, 0.25) is 0 Å². The molecule has 1 aromatic carbocycles. The second-order valence-electron chi connectivity index (χ2n) is 4.66. The van der Waals surface area contributed by atoms with Gasteiger partial charge in [0.1, 0.15) is 5.65 Å². The van der Waals surface area contributed by atoms with Crippen LogP contribution < -0.4 is 5.43 Å². The number of aromatic nitrogens is 2. The summed E-state index contributed by atoms with van der Waals surface area (Å²) in [5, 5.41) is 0.688. The molecule has 0 aliphatic carbocycles. The fourth-order valence-electron chi connectivity index (χ4n) is 2.36. The first-order valence-electron chi connectivity index (χ1n) is 6.21. The summed E-state index contributed by atoms with van der Waals surface area (Å²) in [4.78, 5) is 16.4. The van der Waals surface area contributed by atoms with Crippen molar-refractivity contribution in [1.82, 2.24) is 9.55 Å². The van der Waals surface area contributed by atoms with Gasteiger partial charge in [0.2, 0.25) is 0 Å². The van der Waals surface area contributed by atoms with Crippen molar-refractivity contribution in [3.8, 4) is 5.69 Å². The molecular weight excluding hydrogens is 236 g/mol. The summed E-state index contributed by atoms with van der Waals surface area (Å²) >= 11 is 0. The van der Waals surface area contributed by atoms with Gasteiger partial charge in [-0.1, -0.05) is 18.2 Å². The van der Waals surface area contributed by atoms with Crippen molar-refractivity contribution in [2.75, 3.05) is 0 Å². The molecule has 0 saturated carbocycles. The fraction of sp³-hybridized carbons (Fsp3) is 0.125. The van der Waals surface area contributed by atoms with E-state index in [2.05, 4.69) is 18.0 Å². The third kappa shape index (κ3) is 1.83. The molecular formula is C16H14N2O. The third-order valence-corrected chi connectivity index (χ3v) is 3.36. The Labute approximate surface area is 111 Å². The van der Waals surface area contributed by atoms with E-state index in [9.17, 15) is 4.79 Å². The topological polar surface area (TPSA) is 34.9 Å². The fourth-order valence-corrected chi connectivity index (χ4v) is 2.36. The van der Waals surface area contributed by atoms with Gasteiger partial charge < -0.3 is 4.57 Å². The van der Waals surface area contributed by atoms with Gasteiger partial charge in [-0.05, 0) is 37.1 Å². The Morgan fingerprint density at radius 3 is 2.58 bits per heavy atom. The summed E-state index contributed by atoms with van der Waals surface area (Å²) in [6.45, 7) is 3.99. The van der Waals surface area contributed by atoms with Crippen LogP contribution in [0.4, 0.5) is 0 Å². The van der Waals surface area contributed by atoms with Gasteiger partial charge in [-0.3, -0.25) is 4.79 Å². The van der Waals surface area contributed by atoms with Crippen molar-refractivity contribution in [2.24, 2.45) is 0 Å². The Morgan fingerprint density at radius 1 is 1.00 bits per heavy atom.